The highest BCUT2D eigenvalue weighted by Crippen LogP contribution is 2.30. The van der Waals surface area contributed by atoms with Crippen molar-refractivity contribution >= 4 is 39.4 Å². The van der Waals surface area contributed by atoms with E-state index in [1.165, 1.54) is 0 Å². The Balaban J connectivity index is 2.16. The summed E-state index contributed by atoms with van der Waals surface area (Å²) >= 11 is 9.16. The number of hydrogen-bond acceptors (Lipinski definition) is 2. The van der Waals surface area contributed by atoms with Gasteiger partial charge in [0.2, 0.25) is 0 Å². The Hall–Kier alpha value is -1.07. The number of hydrogen-bond donors (Lipinski definition) is 1. The van der Waals surface area contributed by atoms with Gasteiger partial charge in [0, 0.05) is 22.1 Å². The second-order valence-corrected chi connectivity index (χ2v) is 5.79. The van der Waals surface area contributed by atoms with Crippen molar-refractivity contribution < 1.29 is 14.7 Å². The Bertz CT molecular complexity index is 517. The van der Waals surface area contributed by atoms with E-state index in [-0.39, 0.29) is 24.9 Å². The number of carbonyl (C=O) groups is 2. The van der Waals surface area contributed by atoms with Crippen LogP contribution in [0.25, 0.3) is 0 Å². The first kappa shape index (κ1) is 14.3. The monoisotopic (exact) mass is 345 g/mol. The molecular formula is C13H13BrClNO3. The number of carboxylic acids is 1. The molecule has 0 aromatic heterocycles. The molecule has 1 aromatic rings. The maximum Gasteiger partial charge on any atom is 0.305 e. The average Bonchev–Trinajstić information content (AvgIpc) is 3.13. The zero-order valence-electron chi connectivity index (χ0n) is 10.1. The summed E-state index contributed by atoms with van der Waals surface area (Å²) in [7, 11) is 0. The Morgan fingerprint density at radius 2 is 2.11 bits per heavy atom. The van der Waals surface area contributed by atoms with Gasteiger partial charge in [0.05, 0.1) is 12.0 Å². The molecule has 0 saturated heterocycles. The molecule has 1 aliphatic carbocycles. The molecule has 1 N–H and O–H groups in total. The number of carboxylic acid groups (broad SMARTS) is 1. The molecule has 0 bridgehead atoms. The van der Waals surface area contributed by atoms with E-state index in [4.69, 9.17) is 16.7 Å². The molecule has 1 aliphatic rings. The average molecular weight is 347 g/mol. The summed E-state index contributed by atoms with van der Waals surface area (Å²) in [4.78, 5) is 24.7. The van der Waals surface area contributed by atoms with Gasteiger partial charge < -0.3 is 10.0 Å². The second kappa shape index (κ2) is 5.92. The van der Waals surface area contributed by atoms with Crippen LogP contribution in [0.1, 0.15) is 29.6 Å². The smallest absolute Gasteiger partial charge is 0.305 e. The fraction of sp³-hybridized carbons (Fsp3) is 0.385. The van der Waals surface area contributed by atoms with E-state index in [1.807, 2.05) is 0 Å². The molecule has 1 fully saturated rings. The summed E-state index contributed by atoms with van der Waals surface area (Å²) in [6.45, 7) is 0.244. The predicted molar refractivity (Wildman–Crippen MR) is 75.5 cm³/mol. The second-order valence-electron chi connectivity index (χ2n) is 4.50. The van der Waals surface area contributed by atoms with Crippen LogP contribution in [0.4, 0.5) is 0 Å². The molecule has 1 amide bonds. The third-order valence-electron chi connectivity index (χ3n) is 2.98. The summed E-state index contributed by atoms with van der Waals surface area (Å²) in [5, 5.41) is 9.29. The number of nitrogens with zero attached hydrogens (tertiary/aromatic N) is 1. The standard InChI is InChI=1S/C13H13BrClNO3/c14-11-7-8(15)1-4-10(11)13(19)16(9-2-3-9)6-5-12(17)18/h1,4,7,9H,2-3,5-6H2,(H,17,18). The first-order chi connectivity index (χ1) is 8.99. The largest absolute Gasteiger partial charge is 0.481 e. The lowest BCUT2D eigenvalue weighted by atomic mass is 10.2. The lowest BCUT2D eigenvalue weighted by Crippen LogP contribution is -2.35. The highest BCUT2D eigenvalue weighted by Gasteiger charge is 2.33. The van der Waals surface area contributed by atoms with Gasteiger partial charge in [-0.25, -0.2) is 0 Å². The third kappa shape index (κ3) is 3.70. The van der Waals surface area contributed by atoms with E-state index in [1.54, 1.807) is 23.1 Å². The van der Waals surface area contributed by atoms with Crippen LogP contribution in [0, 0.1) is 0 Å². The zero-order valence-corrected chi connectivity index (χ0v) is 12.4. The molecular weight excluding hydrogens is 334 g/mol. The minimum absolute atomic E-state index is 0.0343. The van der Waals surface area contributed by atoms with E-state index in [0.29, 0.717) is 15.1 Å². The van der Waals surface area contributed by atoms with Crippen molar-refractivity contribution in [3.8, 4) is 0 Å². The number of amides is 1. The Morgan fingerprint density at radius 1 is 1.42 bits per heavy atom. The number of rotatable bonds is 5. The van der Waals surface area contributed by atoms with Crippen molar-refractivity contribution in [2.45, 2.75) is 25.3 Å². The van der Waals surface area contributed by atoms with Crippen LogP contribution in [-0.2, 0) is 4.79 Å². The van der Waals surface area contributed by atoms with Gasteiger partial charge in [0.25, 0.3) is 5.91 Å². The number of carbonyl (C=O) groups excluding carboxylic acids is 1. The zero-order chi connectivity index (χ0) is 14.0. The highest BCUT2D eigenvalue weighted by molar-refractivity contribution is 9.10. The summed E-state index contributed by atoms with van der Waals surface area (Å²) < 4.78 is 0.631. The summed E-state index contributed by atoms with van der Waals surface area (Å²) in [5.41, 5.74) is 0.515. The molecule has 0 atom stereocenters. The normalized spacial score (nSPS) is 14.2. The van der Waals surface area contributed by atoms with E-state index >= 15 is 0 Å². The quantitative estimate of drug-likeness (QED) is 0.891. The first-order valence-electron chi connectivity index (χ1n) is 5.97. The van der Waals surface area contributed by atoms with Gasteiger partial charge in [-0.15, -0.1) is 0 Å². The van der Waals surface area contributed by atoms with Gasteiger partial charge in [0.1, 0.15) is 0 Å². The van der Waals surface area contributed by atoms with Crippen molar-refractivity contribution in [1.82, 2.24) is 4.90 Å². The van der Waals surface area contributed by atoms with Gasteiger partial charge in [-0.05, 0) is 47.0 Å². The van der Waals surface area contributed by atoms with Crippen LogP contribution in [0.15, 0.2) is 22.7 Å². The predicted octanol–water partition coefficient (Wildman–Crippen LogP) is 3.18. The van der Waals surface area contributed by atoms with E-state index < -0.39 is 5.97 Å². The summed E-state index contributed by atoms with van der Waals surface area (Å²) in [6, 6.07) is 5.15. The molecule has 0 radical (unpaired) electrons. The Kier molecular flexibility index (Phi) is 4.47. The van der Waals surface area contributed by atoms with Crippen molar-refractivity contribution in [1.29, 1.82) is 0 Å². The summed E-state index contributed by atoms with van der Waals surface area (Å²) in [6.07, 6.45) is 1.85. The number of aliphatic carboxylic acids is 1. The number of benzene rings is 1. The highest BCUT2D eigenvalue weighted by atomic mass is 79.9. The van der Waals surface area contributed by atoms with Crippen LogP contribution in [0.2, 0.25) is 5.02 Å². The molecule has 0 heterocycles. The third-order valence-corrected chi connectivity index (χ3v) is 3.87. The molecule has 1 aromatic carbocycles. The number of halogens is 2. The lowest BCUT2D eigenvalue weighted by Gasteiger charge is -2.22. The van der Waals surface area contributed by atoms with E-state index in [0.717, 1.165) is 12.8 Å². The van der Waals surface area contributed by atoms with Gasteiger partial charge in [-0.1, -0.05) is 11.6 Å². The SMILES string of the molecule is O=C(O)CCN(C(=O)c1ccc(Cl)cc1Br)C1CC1. The molecule has 6 heteroatoms. The fourth-order valence-electron chi connectivity index (χ4n) is 1.87. The lowest BCUT2D eigenvalue weighted by molar-refractivity contribution is -0.137. The van der Waals surface area contributed by atoms with Crippen LogP contribution in [0.5, 0.6) is 0 Å². The first-order valence-corrected chi connectivity index (χ1v) is 7.14. The Morgan fingerprint density at radius 3 is 2.63 bits per heavy atom. The molecule has 0 spiro atoms. The summed E-state index contributed by atoms with van der Waals surface area (Å²) in [5.74, 6) is -1.04. The van der Waals surface area contributed by atoms with Crippen molar-refractivity contribution in [3.05, 3.63) is 33.3 Å². The van der Waals surface area contributed by atoms with Crippen LogP contribution >= 0.6 is 27.5 Å². The molecule has 0 aliphatic heterocycles. The van der Waals surface area contributed by atoms with Gasteiger partial charge in [-0.3, -0.25) is 9.59 Å². The van der Waals surface area contributed by atoms with Gasteiger partial charge >= 0.3 is 5.97 Å². The maximum absolute atomic E-state index is 12.4. The fourth-order valence-corrected chi connectivity index (χ4v) is 2.72. The minimum atomic E-state index is -0.895. The van der Waals surface area contributed by atoms with Crippen LogP contribution in [-0.4, -0.2) is 34.5 Å². The van der Waals surface area contributed by atoms with E-state index in [9.17, 15) is 9.59 Å². The topological polar surface area (TPSA) is 57.6 Å². The Labute approximate surface area is 124 Å². The molecule has 19 heavy (non-hydrogen) atoms. The molecule has 4 nitrogen and oxygen atoms in total. The molecule has 1 saturated carbocycles. The van der Waals surface area contributed by atoms with Crippen molar-refractivity contribution in [2.75, 3.05) is 6.54 Å². The van der Waals surface area contributed by atoms with Gasteiger partial charge in [0.15, 0.2) is 0 Å². The van der Waals surface area contributed by atoms with E-state index in [2.05, 4.69) is 15.9 Å². The van der Waals surface area contributed by atoms with Crippen molar-refractivity contribution in [2.24, 2.45) is 0 Å². The van der Waals surface area contributed by atoms with Gasteiger partial charge in [-0.2, -0.15) is 0 Å². The van der Waals surface area contributed by atoms with Crippen LogP contribution < -0.4 is 0 Å². The maximum atomic E-state index is 12.4. The minimum Gasteiger partial charge on any atom is -0.481 e. The molecule has 102 valence electrons. The van der Waals surface area contributed by atoms with Crippen molar-refractivity contribution in [3.63, 3.8) is 0 Å². The molecule has 2 rings (SSSR count). The molecule has 0 unspecified atom stereocenters. The van der Waals surface area contributed by atoms with Crippen LogP contribution in [0.3, 0.4) is 0 Å².